The Hall–Kier alpha value is -3.08. The summed E-state index contributed by atoms with van der Waals surface area (Å²) in [7, 11) is 0. The maximum absolute atomic E-state index is 12.1. The summed E-state index contributed by atoms with van der Waals surface area (Å²) in [4.78, 5) is 12.1. The van der Waals surface area contributed by atoms with Crippen LogP contribution in [0.25, 0.3) is 0 Å². The Labute approximate surface area is 166 Å². The Morgan fingerprint density at radius 2 is 1.82 bits per heavy atom. The van der Waals surface area contributed by atoms with Crippen LogP contribution >= 0.6 is 0 Å². The van der Waals surface area contributed by atoms with Gasteiger partial charge in [0.05, 0.1) is 12.2 Å². The SMILES string of the molecule is Cc1ccc(OCC(=O)NCc2cccc(Cn3nc(C)cc3C)c2)c(C)c1. The van der Waals surface area contributed by atoms with Gasteiger partial charge in [-0.1, -0.05) is 42.0 Å². The number of nitrogens with one attached hydrogen (secondary N) is 1. The van der Waals surface area contributed by atoms with Gasteiger partial charge in [0.25, 0.3) is 5.91 Å². The second-order valence-corrected chi connectivity index (χ2v) is 7.24. The van der Waals surface area contributed by atoms with Gasteiger partial charge in [0.2, 0.25) is 0 Å². The van der Waals surface area contributed by atoms with Crippen molar-refractivity contribution in [3.05, 3.63) is 82.2 Å². The Morgan fingerprint density at radius 1 is 1.04 bits per heavy atom. The third-order valence-corrected chi connectivity index (χ3v) is 4.61. The first-order valence-corrected chi connectivity index (χ1v) is 9.46. The predicted octanol–water partition coefficient (Wildman–Crippen LogP) is 3.86. The maximum Gasteiger partial charge on any atom is 0.258 e. The van der Waals surface area contributed by atoms with E-state index in [1.54, 1.807) is 0 Å². The number of aryl methyl sites for hydroxylation is 4. The molecule has 0 spiro atoms. The van der Waals surface area contributed by atoms with E-state index in [1.165, 1.54) is 5.56 Å². The van der Waals surface area contributed by atoms with Crippen molar-refractivity contribution in [2.75, 3.05) is 6.61 Å². The number of carbonyl (C=O) groups is 1. The number of aromatic nitrogens is 2. The molecule has 2 aromatic carbocycles. The third kappa shape index (κ3) is 5.22. The van der Waals surface area contributed by atoms with E-state index < -0.39 is 0 Å². The number of ether oxygens (including phenoxy) is 1. The average molecular weight is 377 g/mol. The highest BCUT2D eigenvalue weighted by atomic mass is 16.5. The topological polar surface area (TPSA) is 56.1 Å². The molecule has 3 rings (SSSR count). The van der Waals surface area contributed by atoms with Crippen molar-refractivity contribution in [1.29, 1.82) is 0 Å². The number of hydrogen-bond donors (Lipinski definition) is 1. The van der Waals surface area contributed by atoms with Gasteiger partial charge >= 0.3 is 0 Å². The first-order valence-electron chi connectivity index (χ1n) is 9.46. The molecule has 1 amide bonds. The smallest absolute Gasteiger partial charge is 0.258 e. The Balaban J connectivity index is 1.52. The second kappa shape index (κ2) is 8.74. The van der Waals surface area contributed by atoms with Gasteiger partial charge in [-0.15, -0.1) is 0 Å². The highest BCUT2D eigenvalue weighted by Crippen LogP contribution is 2.18. The second-order valence-electron chi connectivity index (χ2n) is 7.24. The van der Waals surface area contributed by atoms with Crippen molar-refractivity contribution in [2.24, 2.45) is 0 Å². The average Bonchev–Trinajstić information content (AvgIpc) is 2.96. The summed E-state index contributed by atoms with van der Waals surface area (Å²) in [5.41, 5.74) is 6.58. The molecule has 0 saturated heterocycles. The molecule has 5 nitrogen and oxygen atoms in total. The summed E-state index contributed by atoms with van der Waals surface area (Å²) in [6, 6.07) is 16.2. The van der Waals surface area contributed by atoms with Gasteiger partial charge in [0.1, 0.15) is 5.75 Å². The lowest BCUT2D eigenvalue weighted by molar-refractivity contribution is -0.123. The number of amides is 1. The van der Waals surface area contributed by atoms with E-state index in [9.17, 15) is 4.79 Å². The molecule has 0 aliphatic heterocycles. The fourth-order valence-corrected chi connectivity index (χ4v) is 3.20. The van der Waals surface area contributed by atoms with Gasteiger partial charge in [-0.3, -0.25) is 9.48 Å². The number of carbonyl (C=O) groups excluding carboxylic acids is 1. The summed E-state index contributed by atoms with van der Waals surface area (Å²) in [6.07, 6.45) is 0. The molecule has 146 valence electrons. The van der Waals surface area contributed by atoms with Crippen LogP contribution in [0.3, 0.4) is 0 Å². The van der Waals surface area contributed by atoms with Crippen molar-refractivity contribution < 1.29 is 9.53 Å². The summed E-state index contributed by atoms with van der Waals surface area (Å²) in [6.45, 7) is 9.27. The first-order chi connectivity index (χ1) is 13.4. The standard InChI is InChI=1S/C23H27N3O2/c1-16-8-9-22(17(2)10-16)28-15-23(27)24-13-20-6-5-7-21(12-20)14-26-19(4)11-18(3)25-26/h5-12H,13-15H2,1-4H3,(H,24,27). The van der Waals surface area contributed by atoms with E-state index in [0.29, 0.717) is 6.54 Å². The minimum atomic E-state index is -0.135. The lowest BCUT2D eigenvalue weighted by atomic mass is 10.1. The molecule has 0 fully saturated rings. The number of nitrogens with zero attached hydrogens (tertiary/aromatic N) is 2. The van der Waals surface area contributed by atoms with Gasteiger partial charge in [-0.2, -0.15) is 5.10 Å². The molecule has 1 aromatic heterocycles. The van der Waals surface area contributed by atoms with E-state index in [4.69, 9.17) is 4.74 Å². The van der Waals surface area contributed by atoms with E-state index in [-0.39, 0.29) is 12.5 Å². The molecule has 0 aliphatic rings. The molecule has 28 heavy (non-hydrogen) atoms. The Morgan fingerprint density at radius 3 is 2.54 bits per heavy atom. The number of hydrogen-bond acceptors (Lipinski definition) is 3. The van der Waals surface area contributed by atoms with Crippen LogP contribution in [0, 0.1) is 27.7 Å². The zero-order chi connectivity index (χ0) is 20.1. The minimum absolute atomic E-state index is 0.00928. The molecule has 0 aliphatic carbocycles. The predicted molar refractivity (Wildman–Crippen MR) is 111 cm³/mol. The Kier molecular flexibility index (Phi) is 6.14. The van der Waals surface area contributed by atoms with E-state index >= 15 is 0 Å². The quantitative estimate of drug-likeness (QED) is 0.680. The van der Waals surface area contributed by atoms with E-state index in [1.807, 2.05) is 55.8 Å². The van der Waals surface area contributed by atoms with Crippen molar-refractivity contribution in [2.45, 2.75) is 40.8 Å². The zero-order valence-electron chi connectivity index (χ0n) is 17.0. The molecular weight excluding hydrogens is 350 g/mol. The van der Waals surface area contributed by atoms with Crippen LogP contribution in [0.2, 0.25) is 0 Å². The van der Waals surface area contributed by atoms with Gasteiger partial charge < -0.3 is 10.1 Å². The van der Waals surface area contributed by atoms with E-state index in [2.05, 4.69) is 35.5 Å². The van der Waals surface area contributed by atoms with Crippen LogP contribution in [-0.2, 0) is 17.9 Å². The molecule has 0 atom stereocenters. The zero-order valence-corrected chi connectivity index (χ0v) is 17.0. The Bertz CT molecular complexity index is 976. The van der Waals surface area contributed by atoms with Gasteiger partial charge in [0, 0.05) is 12.2 Å². The lowest BCUT2D eigenvalue weighted by Crippen LogP contribution is -2.28. The van der Waals surface area contributed by atoms with Crippen molar-refractivity contribution >= 4 is 5.91 Å². The summed E-state index contributed by atoms with van der Waals surface area (Å²) in [5.74, 6) is 0.608. The maximum atomic E-state index is 12.1. The van der Waals surface area contributed by atoms with Gasteiger partial charge in [-0.25, -0.2) is 0 Å². The molecule has 3 aromatic rings. The highest BCUT2D eigenvalue weighted by Gasteiger charge is 2.07. The summed E-state index contributed by atoms with van der Waals surface area (Å²) < 4.78 is 7.63. The fraction of sp³-hybridized carbons (Fsp3) is 0.304. The largest absolute Gasteiger partial charge is 0.484 e. The molecule has 1 heterocycles. The fourth-order valence-electron chi connectivity index (χ4n) is 3.20. The summed E-state index contributed by atoms with van der Waals surface area (Å²) in [5, 5.41) is 7.43. The molecule has 0 radical (unpaired) electrons. The molecule has 1 N–H and O–H groups in total. The molecule has 0 unspecified atom stereocenters. The lowest BCUT2D eigenvalue weighted by Gasteiger charge is -2.11. The van der Waals surface area contributed by atoms with Gasteiger partial charge in [-0.05, 0) is 56.5 Å². The molecule has 0 bridgehead atoms. The first kappa shape index (κ1) is 19.7. The van der Waals surface area contributed by atoms with Crippen molar-refractivity contribution in [3.63, 3.8) is 0 Å². The number of rotatable bonds is 7. The van der Waals surface area contributed by atoms with Crippen LogP contribution in [0.15, 0.2) is 48.5 Å². The summed E-state index contributed by atoms with van der Waals surface area (Å²) >= 11 is 0. The number of benzene rings is 2. The minimum Gasteiger partial charge on any atom is -0.484 e. The van der Waals surface area contributed by atoms with Crippen LogP contribution in [0.4, 0.5) is 0 Å². The van der Waals surface area contributed by atoms with Crippen LogP contribution in [-0.4, -0.2) is 22.3 Å². The monoisotopic (exact) mass is 377 g/mol. The normalized spacial score (nSPS) is 10.7. The third-order valence-electron chi connectivity index (χ3n) is 4.61. The van der Waals surface area contributed by atoms with Crippen LogP contribution < -0.4 is 10.1 Å². The molecule has 5 heteroatoms. The van der Waals surface area contributed by atoms with Crippen molar-refractivity contribution in [1.82, 2.24) is 15.1 Å². The van der Waals surface area contributed by atoms with Crippen LogP contribution in [0.1, 0.15) is 33.6 Å². The highest BCUT2D eigenvalue weighted by molar-refractivity contribution is 5.77. The van der Waals surface area contributed by atoms with Crippen LogP contribution in [0.5, 0.6) is 5.75 Å². The van der Waals surface area contributed by atoms with E-state index in [0.717, 1.165) is 40.4 Å². The van der Waals surface area contributed by atoms with Crippen molar-refractivity contribution in [3.8, 4) is 5.75 Å². The van der Waals surface area contributed by atoms with Gasteiger partial charge in [0.15, 0.2) is 6.61 Å². The molecular formula is C23H27N3O2. The molecule has 0 saturated carbocycles.